The first-order chi connectivity index (χ1) is 29.6. The second kappa shape index (κ2) is 15.6. The molecule has 3 N–H and O–H groups in total. The second-order valence-electron chi connectivity index (χ2n) is 17.2. The summed E-state index contributed by atoms with van der Waals surface area (Å²) in [4.78, 5) is 69.3. The number of aliphatic hydroxyl groups is 1. The lowest BCUT2D eigenvalue weighted by Gasteiger charge is -2.45. The Morgan fingerprint density at radius 2 is 1.69 bits per heavy atom. The second-order valence-corrected chi connectivity index (χ2v) is 17.2. The lowest BCUT2D eigenvalue weighted by Crippen LogP contribution is -2.60. The molecule has 5 amide bonds. The summed E-state index contributed by atoms with van der Waals surface area (Å²) in [5.41, 5.74) is 1.39. The molecule has 62 heavy (non-hydrogen) atoms. The van der Waals surface area contributed by atoms with Gasteiger partial charge < -0.3 is 25.1 Å². The van der Waals surface area contributed by atoms with Crippen LogP contribution in [0.2, 0.25) is 0 Å². The summed E-state index contributed by atoms with van der Waals surface area (Å²) in [6.45, 7) is 4.51. The lowest BCUT2D eigenvalue weighted by molar-refractivity contribution is -0.150. The number of aromatic nitrogens is 4. The predicted molar refractivity (Wildman–Crippen MR) is 220 cm³/mol. The van der Waals surface area contributed by atoms with Crippen molar-refractivity contribution in [3.05, 3.63) is 88.9 Å². The molecule has 6 heterocycles. The van der Waals surface area contributed by atoms with Crippen LogP contribution in [0.1, 0.15) is 91.5 Å². The molecule has 320 valence electrons. The summed E-state index contributed by atoms with van der Waals surface area (Å²) in [5, 5.41) is 35.3. The van der Waals surface area contributed by atoms with Gasteiger partial charge in [-0.2, -0.15) is 15.5 Å². The molecule has 0 bridgehead atoms. The predicted octanol–water partition coefficient (Wildman–Crippen LogP) is 4.12. The molecule has 4 aliphatic rings. The highest BCUT2D eigenvalue weighted by Crippen LogP contribution is 2.37. The van der Waals surface area contributed by atoms with E-state index in [0.29, 0.717) is 40.9 Å². The maximum Gasteiger partial charge on any atom is 0.274 e. The van der Waals surface area contributed by atoms with Gasteiger partial charge in [0.1, 0.15) is 23.4 Å². The Morgan fingerprint density at radius 1 is 0.968 bits per heavy atom. The number of hydrogen-bond donors (Lipinski definition) is 3. The molecule has 9 rings (SSSR count). The Hall–Kier alpha value is -6.74. The van der Waals surface area contributed by atoms with E-state index in [9.17, 15) is 34.3 Å². The summed E-state index contributed by atoms with van der Waals surface area (Å²) in [6, 6.07) is 13.0. The van der Waals surface area contributed by atoms with E-state index in [1.807, 2.05) is 21.8 Å². The fraction of sp³-hybridized carbons (Fsp3) is 0.409. The average molecular weight is 847 g/mol. The molecule has 18 heteroatoms. The van der Waals surface area contributed by atoms with Gasteiger partial charge in [-0.25, -0.2) is 13.3 Å². The molecule has 1 aliphatic carbocycles. The number of halogens is 2. The third-order valence-electron chi connectivity index (χ3n) is 12.7. The van der Waals surface area contributed by atoms with E-state index in [1.165, 1.54) is 10.7 Å². The molecule has 0 radical (unpaired) electrons. The van der Waals surface area contributed by atoms with E-state index in [-0.39, 0.29) is 73.3 Å². The number of anilines is 2. The quantitative estimate of drug-likeness (QED) is 0.191. The highest BCUT2D eigenvalue weighted by molar-refractivity contribution is 6.05. The fourth-order valence-corrected chi connectivity index (χ4v) is 9.36. The first kappa shape index (κ1) is 40.7. The molecule has 3 aromatic heterocycles. The number of piperidine rings is 1. The zero-order valence-electron chi connectivity index (χ0n) is 34.1. The Morgan fingerprint density at radius 3 is 2.37 bits per heavy atom. The summed E-state index contributed by atoms with van der Waals surface area (Å²) in [7, 11) is 0. The van der Waals surface area contributed by atoms with Gasteiger partial charge in [-0.05, 0) is 88.4 Å². The van der Waals surface area contributed by atoms with Crippen molar-refractivity contribution in [2.75, 3.05) is 42.9 Å². The molecule has 16 nitrogen and oxygen atoms in total. The van der Waals surface area contributed by atoms with Gasteiger partial charge in [0.2, 0.25) is 23.6 Å². The normalized spacial score (nSPS) is 21.3. The molecule has 2 aromatic carbocycles. The van der Waals surface area contributed by atoms with Gasteiger partial charge >= 0.3 is 0 Å². The first-order valence-electron chi connectivity index (χ1n) is 20.8. The average Bonchev–Trinajstić information content (AvgIpc) is 3.84. The standard InChI is InChI=1S/C44H44F2N10O6/c1-44(2,62)32-17-35-25(14-36(32)49-42(60)37-9-7-29-13-24(18-47)19-48-56(29)37)22-55(51-35)28-5-3-27(4-6-28)54-12-11-52(23-39(54)58)43(61)26-20-53(21-26)30-15-33(45)40(34(46)16-30)31-8-10-38(57)50-41(31)59/h7,9,13-17,19,22,26-28,31,62H,3-6,8,10-12,20-21,23H2,1-2H3,(H,49,60)(H,50,57,59)/t27?,28?,31-/m1/s1. The van der Waals surface area contributed by atoms with Gasteiger partial charge in [0.25, 0.3) is 5.91 Å². The highest BCUT2D eigenvalue weighted by Gasteiger charge is 2.41. The van der Waals surface area contributed by atoms with Crippen LogP contribution in [-0.4, -0.2) is 103 Å². The van der Waals surface area contributed by atoms with Crippen molar-refractivity contribution >= 4 is 57.3 Å². The third-order valence-corrected chi connectivity index (χ3v) is 12.7. The van der Waals surface area contributed by atoms with Crippen LogP contribution in [0.3, 0.4) is 0 Å². The number of rotatable bonds is 8. The number of benzene rings is 2. The molecule has 0 spiro atoms. The number of nitriles is 1. The molecular formula is C44H44F2N10O6. The van der Waals surface area contributed by atoms with Crippen molar-refractivity contribution in [2.24, 2.45) is 5.92 Å². The monoisotopic (exact) mass is 846 g/mol. The smallest absolute Gasteiger partial charge is 0.274 e. The number of carbonyl (C=O) groups is 5. The third kappa shape index (κ3) is 7.50. The number of piperazine rings is 1. The molecule has 1 atom stereocenters. The van der Waals surface area contributed by atoms with E-state index < -0.39 is 46.8 Å². The van der Waals surface area contributed by atoms with E-state index in [4.69, 9.17) is 5.10 Å². The largest absolute Gasteiger partial charge is 0.386 e. The number of nitrogens with one attached hydrogen (secondary N) is 2. The summed E-state index contributed by atoms with van der Waals surface area (Å²) < 4.78 is 33.6. The van der Waals surface area contributed by atoms with E-state index in [0.717, 1.165) is 43.2 Å². The van der Waals surface area contributed by atoms with Gasteiger partial charge in [-0.3, -0.25) is 34.0 Å². The minimum Gasteiger partial charge on any atom is -0.386 e. The number of fused-ring (bicyclic) bond motifs is 2. The summed E-state index contributed by atoms with van der Waals surface area (Å²) in [5.74, 6) is -5.21. The van der Waals surface area contributed by atoms with Crippen molar-refractivity contribution in [2.45, 2.75) is 76.0 Å². The van der Waals surface area contributed by atoms with Crippen LogP contribution in [-0.2, 0) is 24.8 Å². The summed E-state index contributed by atoms with van der Waals surface area (Å²) in [6.07, 6.45) is 6.37. The molecule has 4 fully saturated rings. The van der Waals surface area contributed by atoms with Gasteiger partial charge in [-0.15, -0.1) is 0 Å². The van der Waals surface area contributed by atoms with Crippen LogP contribution in [0.25, 0.3) is 16.4 Å². The Bertz CT molecular complexity index is 2700. The number of carbonyl (C=O) groups excluding carboxylic acids is 5. The highest BCUT2D eigenvalue weighted by atomic mass is 19.1. The van der Waals surface area contributed by atoms with Crippen LogP contribution < -0.4 is 15.5 Å². The SMILES string of the molecule is CC(C)(O)c1cc2nn(C3CCC(N4CCN(C(=O)C5CN(c6cc(F)c([C@H]7CCC(=O)NC7=O)c(F)c6)C5)CC4=O)CC3)cc2cc1NC(=O)c1ccc2cc(C#N)cnn12. The van der Waals surface area contributed by atoms with Crippen LogP contribution in [0.4, 0.5) is 20.2 Å². The van der Waals surface area contributed by atoms with Gasteiger partial charge in [-0.1, -0.05) is 0 Å². The van der Waals surface area contributed by atoms with Crippen LogP contribution in [0.15, 0.2) is 54.9 Å². The molecule has 1 saturated carbocycles. The molecule has 3 saturated heterocycles. The Kier molecular flexibility index (Phi) is 10.2. The van der Waals surface area contributed by atoms with Crippen molar-refractivity contribution in [1.82, 2.24) is 34.5 Å². The Balaban J connectivity index is 0.793. The number of amides is 5. The van der Waals surface area contributed by atoms with E-state index in [1.54, 1.807) is 54.0 Å². The van der Waals surface area contributed by atoms with Crippen LogP contribution in [0.5, 0.6) is 0 Å². The van der Waals surface area contributed by atoms with E-state index in [2.05, 4.69) is 15.7 Å². The van der Waals surface area contributed by atoms with E-state index >= 15 is 8.78 Å². The zero-order valence-corrected chi connectivity index (χ0v) is 34.1. The maximum absolute atomic E-state index is 15.1. The first-order valence-corrected chi connectivity index (χ1v) is 20.8. The summed E-state index contributed by atoms with van der Waals surface area (Å²) >= 11 is 0. The van der Waals surface area contributed by atoms with Crippen LogP contribution in [0, 0.1) is 28.9 Å². The Labute approximate surface area is 354 Å². The lowest BCUT2D eigenvalue weighted by atomic mass is 9.89. The number of nitrogens with zero attached hydrogens (tertiary/aromatic N) is 8. The maximum atomic E-state index is 15.1. The zero-order chi connectivity index (χ0) is 43.6. The molecule has 0 unspecified atom stereocenters. The van der Waals surface area contributed by atoms with Crippen molar-refractivity contribution < 1.29 is 37.9 Å². The number of hydrogen-bond acceptors (Lipinski definition) is 10. The molecule has 3 aliphatic heterocycles. The number of imide groups is 1. The van der Waals surface area contributed by atoms with Gasteiger partial charge in [0.15, 0.2) is 0 Å². The van der Waals surface area contributed by atoms with Crippen molar-refractivity contribution in [3.8, 4) is 6.07 Å². The minimum absolute atomic E-state index is 0.00397. The molecule has 5 aromatic rings. The van der Waals surface area contributed by atoms with Gasteiger partial charge in [0, 0.05) is 72.7 Å². The topological polar surface area (TPSA) is 198 Å². The molecular weight excluding hydrogens is 803 g/mol. The van der Waals surface area contributed by atoms with Gasteiger partial charge in [0.05, 0.1) is 52.8 Å². The van der Waals surface area contributed by atoms with Crippen molar-refractivity contribution in [1.29, 1.82) is 5.26 Å². The van der Waals surface area contributed by atoms with Crippen LogP contribution >= 0.6 is 0 Å². The fourth-order valence-electron chi connectivity index (χ4n) is 9.36. The minimum atomic E-state index is -1.31. The van der Waals surface area contributed by atoms with Crippen molar-refractivity contribution in [3.63, 3.8) is 0 Å².